The van der Waals surface area contributed by atoms with Crippen molar-refractivity contribution >= 4 is 29.5 Å². The van der Waals surface area contributed by atoms with Gasteiger partial charge in [0.05, 0.1) is 35.8 Å². The van der Waals surface area contributed by atoms with E-state index in [-0.39, 0.29) is 42.2 Å². The zero-order chi connectivity index (χ0) is 24.0. The van der Waals surface area contributed by atoms with Crippen LogP contribution in [0.5, 0.6) is 0 Å². The molecule has 32 heavy (non-hydrogen) atoms. The van der Waals surface area contributed by atoms with Crippen LogP contribution in [0, 0.1) is 17.8 Å². The maximum absolute atomic E-state index is 14.2. The minimum absolute atomic E-state index is 0.0189. The van der Waals surface area contributed by atoms with E-state index in [9.17, 15) is 19.5 Å². The molecule has 3 rings (SSSR count). The number of hydrogen-bond donors (Lipinski definition) is 1. The lowest BCUT2D eigenvalue weighted by Gasteiger charge is -2.44. The lowest BCUT2D eigenvalue weighted by molar-refractivity contribution is -0.154. The molecule has 1 spiro atoms. The SMILES string of the molecule is C=CCN(C(=O)C1N([C@@H](CO)C(C)C)C(=O)[C@@H]2[C@@H](C(=O)OCC)[C@H]3CCC12S3)C(C)(C)C. The first-order valence-corrected chi connectivity index (χ1v) is 12.5. The van der Waals surface area contributed by atoms with Gasteiger partial charge < -0.3 is 19.6 Å². The summed E-state index contributed by atoms with van der Waals surface area (Å²) in [7, 11) is 0. The number of likely N-dealkylation sites (tertiary alicyclic amines) is 1. The molecule has 3 saturated heterocycles. The van der Waals surface area contributed by atoms with Gasteiger partial charge in [-0.15, -0.1) is 18.3 Å². The summed E-state index contributed by atoms with van der Waals surface area (Å²) in [6.45, 7) is 15.8. The number of rotatable bonds is 8. The summed E-state index contributed by atoms with van der Waals surface area (Å²) in [5.74, 6) is -1.86. The van der Waals surface area contributed by atoms with Gasteiger partial charge in [-0.3, -0.25) is 14.4 Å². The van der Waals surface area contributed by atoms with Crippen LogP contribution in [0.3, 0.4) is 0 Å². The average molecular weight is 467 g/mol. The molecule has 0 aromatic heterocycles. The first kappa shape index (κ1) is 25.1. The molecule has 3 heterocycles. The fraction of sp³-hybridized carbons (Fsp3) is 0.792. The van der Waals surface area contributed by atoms with E-state index >= 15 is 0 Å². The molecular weight excluding hydrogens is 428 g/mol. The first-order chi connectivity index (χ1) is 15.0. The monoisotopic (exact) mass is 466 g/mol. The maximum Gasteiger partial charge on any atom is 0.310 e. The van der Waals surface area contributed by atoms with Crippen molar-refractivity contribution < 1.29 is 24.2 Å². The third kappa shape index (κ3) is 3.77. The Morgan fingerprint density at radius 2 is 2.06 bits per heavy atom. The van der Waals surface area contributed by atoms with Crippen molar-refractivity contribution in [2.24, 2.45) is 17.8 Å². The normalized spacial score (nSPS) is 32.2. The highest BCUT2D eigenvalue weighted by Crippen LogP contribution is 2.67. The van der Waals surface area contributed by atoms with Gasteiger partial charge in [0.1, 0.15) is 6.04 Å². The van der Waals surface area contributed by atoms with Crippen LogP contribution < -0.4 is 0 Å². The van der Waals surface area contributed by atoms with Crippen molar-refractivity contribution in [3.63, 3.8) is 0 Å². The van der Waals surface area contributed by atoms with Crippen molar-refractivity contribution in [1.82, 2.24) is 9.80 Å². The number of amides is 2. The van der Waals surface area contributed by atoms with E-state index in [4.69, 9.17) is 4.74 Å². The number of aliphatic hydroxyl groups is 1. The summed E-state index contributed by atoms with van der Waals surface area (Å²) in [6.07, 6.45) is 3.17. The van der Waals surface area contributed by atoms with E-state index in [1.54, 1.807) is 34.6 Å². The summed E-state index contributed by atoms with van der Waals surface area (Å²) >= 11 is 1.62. The third-order valence-electron chi connectivity index (χ3n) is 7.23. The molecule has 7 nitrogen and oxygen atoms in total. The number of carbonyl (C=O) groups excluding carboxylic acids is 3. The van der Waals surface area contributed by atoms with Crippen molar-refractivity contribution in [3.8, 4) is 0 Å². The number of aliphatic hydroxyl groups excluding tert-OH is 1. The highest BCUT2D eigenvalue weighted by atomic mass is 32.2. The third-order valence-corrected chi connectivity index (χ3v) is 9.18. The van der Waals surface area contributed by atoms with Crippen molar-refractivity contribution in [3.05, 3.63) is 12.7 Å². The summed E-state index contributed by atoms with van der Waals surface area (Å²) < 4.78 is 4.68. The topological polar surface area (TPSA) is 87.2 Å². The molecular formula is C24H38N2O5S. The molecule has 8 heteroatoms. The molecule has 2 bridgehead atoms. The molecule has 1 N–H and O–H groups in total. The van der Waals surface area contributed by atoms with Crippen LogP contribution >= 0.6 is 11.8 Å². The van der Waals surface area contributed by atoms with Gasteiger partial charge in [-0.1, -0.05) is 19.9 Å². The molecule has 3 fully saturated rings. The first-order valence-electron chi connectivity index (χ1n) is 11.7. The molecule has 180 valence electrons. The number of hydrogen-bond acceptors (Lipinski definition) is 6. The second kappa shape index (κ2) is 9.01. The van der Waals surface area contributed by atoms with Crippen LogP contribution in [0.25, 0.3) is 0 Å². The van der Waals surface area contributed by atoms with Crippen LogP contribution in [0.4, 0.5) is 0 Å². The fourth-order valence-electron chi connectivity index (χ4n) is 5.83. The quantitative estimate of drug-likeness (QED) is 0.437. The van der Waals surface area contributed by atoms with E-state index in [1.807, 2.05) is 34.6 Å². The molecule has 3 aliphatic heterocycles. The van der Waals surface area contributed by atoms with Crippen LogP contribution in [-0.2, 0) is 19.1 Å². The predicted octanol–water partition coefficient (Wildman–Crippen LogP) is 2.47. The molecule has 3 aliphatic rings. The van der Waals surface area contributed by atoms with Gasteiger partial charge in [-0.2, -0.15) is 0 Å². The van der Waals surface area contributed by atoms with Crippen LogP contribution in [0.1, 0.15) is 54.4 Å². The Labute approximate surface area is 195 Å². The lowest BCUT2D eigenvalue weighted by Crippen LogP contribution is -2.61. The smallest absolute Gasteiger partial charge is 0.310 e. The number of esters is 1. The van der Waals surface area contributed by atoms with Crippen molar-refractivity contribution in [2.75, 3.05) is 19.8 Å². The standard InChI is InChI=1S/C24H38N2O5S/c1-8-12-25(23(5,6)7)21(29)19-24-11-10-16(32-24)17(22(30)31-9-2)18(24)20(28)26(19)15(13-27)14(3)4/h8,14-19,27H,1,9-13H2,2-7H3/t15-,16+,17-,18-,19?,24?/m0/s1. The molecule has 0 radical (unpaired) electrons. The average Bonchev–Trinajstić information content (AvgIpc) is 3.33. The van der Waals surface area contributed by atoms with Crippen LogP contribution in [-0.4, -0.2) is 80.1 Å². The summed E-state index contributed by atoms with van der Waals surface area (Å²) in [5.41, 5.74) is -0.469. The zero-order valence-electron chi connectivity index (χ0n) is 20.2. The van der Waals surface area contributed by atoms with Gasteiger partial charge in [0.2, 0.25) is 11.8 Å². The van der Waals surface area contributed by atoms with Gasteiger partial charge in [0, 0.05) is 17.3 Å². The van der Waals surface area contributed by atoms with E-state index < -0.39 is 34.2 Å². The highest BCUT2D eigenvalue weighted by molar-refractivity contribution is 8.02. The Bertz CT molecular complexity index is 779. The molecule has 2 amide bonds. The van der Waals surface area contributed by atoms with Gasteiger partial charge in [-0.25, -0.2) is 0 Å². The molecule has 0 aromatic carbocycles. The minimum atomic E-state index is -0.729. The molecule has 0 aliphatic carbocycles. The summed E-state index contributed by atoms with van der Waals surface area (Å²) in [5, 5.41) is 10.2. The number of thioether (sulfide) groups is 1. The number of carbonyl (C=O) groups is 3. The van der Waals surface area contributed by atoms with Gasteiger partial charge in [0.15, 0.2) is 0 Å². The van der Waals surface area contributed by atoms with E-state index in [2.05, 4.69) is 6.58 Å². The summed E-state index contributed by atoms with van der Waals surface area (Å²) in [4.78, 5) is 44.4. The lowest BCUT2D eigenvalue weighted by atomic mass is 9.71. The molecule has 6 atom stereocenters. The Balaban J connectivity index is 2.14. The number of fused-ring (bicyclic) bond motifs is 1. The second-order valence-corrected chi connectivity index (χ2v) is 12.1. The summed E-state index contributed by atoms with van der Waals surface area (Å²) in [6, 6.07) is -1.22. The van der Waals surface area contributed by atoms with Gasteiger partial charge in [0.25, 0.3) is 0 Å². The second-order valence-electron chi connectivity index (χ2n) is 10.5. The Morgan fingerprint density at radius 1 is 1.41 bits per heavy atom. The van der Waals surface area contributed by atoms with Crippen molar-refractivity contribution in [2.45, 2.75) is 82.0 Å². The van der Waals surface area contributed by atoms with Gasteiger partial charge in [-0.05, 0) is 46.5 Å². The Kier molecular flexibility index (Phi) is 7.06. The van der Waals surface area contributed by atoms with E-state index in [1.165, 1.54) is 0 Å². The number of nitrogens with zero attached hydrogens (tertiary/aromatic N) is 2. The molecule has 0 saturated carbocycles. The fourth-order valence-corrected chi connectivity index (χ4v) is 8.01. The van der Waals surface area contributed by atoms with Crippen LogP contribution in [0.2, 0.25) is 0 Å². The van der Waals surface area contributed by atoms with Gasteiger partial charge >= 0.3 is 5.97 Å². The number of ether oxygens (including phenoxy) is 1. The van der Waals surface area contributed by atoms with Crippen molar-refractivity contribution in [1.29, 1.82) is 0 Å². The van der Waals surface area contributed by atoms with E-state index in [0.29, 0.717) is 13.0 Å². The highest BCUT2D eigenvalue weighted by Gasteiger charge is 2.75. The minimum Gasteiger partial charge on any atom is -0.466 e. The maximum atomic E-state index is 14.2. The Morgan fingerprint density at radius 3 is 2.56 bits per heavy atom. The van der Waals surface area contributed by atoms with E-state index in [0.717, 1.165) is 6.42 Å². The molecule has 0 aromatic rings. The molecule has 2 unspecified atom stereocenters. The predicted molar refractivity (Wildman–Crippen MR) is 125 cm³/mol. The Hall–Kier alpha value is -1.54. The zero-order valence-corrected chi connectivity index (χ0v) is 21.0. The van der Waals surface area contributed by atoms with Crippen LogP contribution in [0.15, 0.2) is 12.7 Å². The largest absolute Gasteiger partial charge is 0.466 e.